The summed E-state index contributed by atoms with van der Waals surface area (Å²) in [6, 6.07) is 4.11. The van der Waals surface area contributed by atoms with Crippen molar-refractivity contribution < 1.29 is 4.90 Å². The SMILES string of the molecule is Cc1cc(C)c2c(n1)nn1c(NCC[NH+](C)C)cc(C)nc21. The maximum absolute atomic E-state index is 4.67. The summed E-state index contributed by atoms with van der Waals surface area (Å²) in [5.41, 5.74) is 4.76. The van der Waals surface area contributed by atoms with Gasteiger partial charge in [-0.25, -0.2) is 9.97 Å². The number of aromatic nitrogens is 4. The first-order chi connectivity index (χ1) is 10.5. The normalized spacial score (nSPS) is 11.7. The topological polar surface area (TPSA) is 59.5 Å². The van der Waals surface area contributed by atoms with E-state index in [0.717, 1.165) is 47.0 Å². The van der Waals surface area contributed by atoms with Crippen molar-refractivity contribution in [2.75, 3.05) is 32.5 Å². The smallest absolute Gasteiger partial charge is 0.184 e. The zero-order valence-corrected chi connectivity index (χ0v) is 13.9. The van der Waals surface area contributed by atoms with Crippen LogP contribution in [0.15, 0.2) is 12.1 Å². The van der Waals surface area contributed by atoms with Gasteiger partial charge in [-0.2, -0.15) is 4.52 Å². The summed E-state index contributed by atoms with van der Waals surface area (Å²) >= 11 is 0. The van der Waals surface area contributed by atoms with Crippen LogP contribution in [0.25, 0.3) is 16.7 Å². The van der Waals surface area contributed by atoms with Gasteiger partial charge in [-0.1, -0.05) is 0 Å². The molecule has 0 fully saturated rings. The van der Waals surface area contributed by atoms with Gasteiger partial charge in [0.2, 0.25) is 0 Å². The third kappa shape index (κ3) is 2.62. The van der Waals surface area contributed by atoms with Crippen molar-refractivity contribution in [3.8, 4) is 0 Å². The number of quaternary nitrogens is 1. The number of hydrogen-bond donors (Lipinski definition) is 2. The Hall–Kier alpha value is -2.21. The van der Waals surface area contributed by atoms with Crippen molar-refractivity contribution in [1.29, 1.82) is 0 Å². The Morgan fingerprint density at radius 1 is 1.09 bits per heavy atom. The molecule has 0 saturated heterocycles. The maximum Gasteiger partial charge on any atom is 0.184 e. The molecule has 6 nitrogen and oxygen atoms in total. The summed E-state index contributed by atoms with van der Waals surface area (Å²) in [6.07, 6.45) is 0. The van der Waals surface area contributed by atoms with Crippen LogP contribution < -0.4 is 10.2 Å². The van der Waals surface area contributed by atoms with E-state index in [2.05, 4.69) is 47.5 Å². The fraction of sp³-hybridized carbons (Fsp3) is 0.438. The molecule has 0 spiro atoms. The Bertz CT molecular complexity index is 834. The van der Waals surface area contributed by atoms with Crippen molar-refractivity contribution in [3.63, 3.8) is 0 Å². The third-order valence-electron chi connectivity index (χ3n) is 3.73. The molecule has 0 bridgehead atoms. The molecule has 0 aliphatic carbocycles. The second kappa shape index (κ2) is 5.53. The molecule has 6 heteroatoms. The van der Waals surface area contributed by atoms with E-state index in [4.69, 9.17) is 0 Å². The Kier molecular flexibility index (Phi) is 3.70. The Morgan fingerprint density at radius 2 is 1.82 bits per heavy atom. The van der Waals surface area contributed by atoms with Crippen molar-refractivity contribution >= 4 is 22.5 Å². The zero-order valence-electron chi connectivity index (χ0n) is 13.9. The lowest BCUT2D eigenvalue weighted by Crippen LogP contribution is -3.06. The average molecular weight is 299 g/mol. The van der Waals surface area contributed by atoms with Gasteiger partial charge in [-0.15, -0.1) is 5.10 Å². The standard InChI is InChI=1S/C16H22N6/c1-10-8-11(2)18-15-14(10)16-19-12(3)9-13(22(16)20-15)17-6-7-21(4)5/h8-9,17H,6-7H2,1-5H3/p+1. The molecule has 0 aromatic carbocycles. The van der Waals surface area contributed by atoms with Crippen LogP contribution in [-0.4, -0.2) is 46.8 Å². The molecule has 3 rings (SSSR count). The monoisotopic (exact) mass is 299 g/mol. The molecule has 0 atom stereocenters. The summed E-state index contributed by atoms with van der Waals surface area (Å²) in [4.78, 5) is 10.6. The van der Waals surface area contributed by atoms with E-state index >= 15 is 0 Å². The van der Waals surface area contributed by atoms with Crippen molar-refractivity contribution in [2.24, 2.45) is 0 Å². The van der Waals surface area contributed by atoms with Crippen LogP contribution >= 0.6 is 0 Å². The first-order valence-electron chi connectivity index (χ1n) is 7.63. The number of hydrogen-bond acceptors (Lipinski definition) is 4. The van der Waals surface area contributed by atoms with E-state index < -0.39 is 0 Å². The highest BCUT2D eigenvalue weighted by Crippen LogP contribution is 2.24. The van der Waals surface area contributed by atoms with Crippen LogP contribution in [-0.2, 0) is 0 Å². The van der Waals surface area contributed by atoms with E-state index in [1.807, 2.05) is 24.4 Å². The number of aryl methyl sites for hydroxylation is 3. The zero-order chi connectivity index (χ0) is 15.9. The van der Waals surface area contributed by atoms with Crippen LogP contribution in [0.3, 0.4) is 0 Å². The van der Waals surface area contributed by atoms with Crippen LogP contribution in [0.2, 0.25) is 0 Å². The number of fused-ring (bicyclic) bond motifs is 3. The minimum atomic E-state index is 0.761. The van der Waals surface area contributed by atoms with Crippen molar-refractivity contribution in [2.45, 2.75) is 20.8 Å². The molecule has 2 N–H and O–H groups in total. The molecular formula is C16H23N6+. The quantitative estimate of drug-likeness (QED) is 0.747. The molecule has 3 aromatic heterocycles. The highest BCUT2D eigenvalue weighted by Gasteiger charge is 2.14. The summed E-state index contributed by atoms with van der Waals surface area (Å²) in [5.74, 6) is 0.971. The van der Waals surface area contributed by atoms with Gasteiger partial charge in [0.25, 0.3) is 0 Å². The number of nitrogens with one attached hydrogen (secondary N) is 2. The molecule has 0 saturated carbocycles. The summed E-state index contributed by atoms with van der Waals surface area (Å²) < 4.78 is 1.88. The van der Waals surface area contributed by atoms with E-state index in [0.29, 0.717) is 0 Å². The van der Waals surface area contributed by atoms with Gasteiger partial charge in [0.1, 0.15) is 5.82 Å². The highest BCUT2D eigenvalue weighted by molar-refractivity contribution is 5.93. The minimum absolute atomic E-state index is 0.761. The van der Waals surface area contributed by atoms with Crippen LogP contribution in [0.1, 0.15) is 17.0 Å². The molecule has 116 valence electrons. The molecule has 0 radical (unpaired) electrons. The molecule has 22 heavy (non-hydrogen) atoms. The summed E-state index contributed by atoms with van der Waals surface area (Å²) in [6.45, 7) is 8.03. The van der Waals surface area contributed by atoms with Gasteiger partial charge >= 0.3 is 0 Å². The lowest BCUT2D eigenvalue weighted by Gasteiger charge is -2.11. The second-order valence-corrected chi connectivity index (χ2v) is 6.18. The summed E-state index contributed by atoms with van der Waals surface area (Å²) in [5, 5.41) is 9.15. The number of pyridine rings is 1. The van der Waals surface area contributed by atoms with Crippen LogP contribution in [0.5, 0.6) is 0 Å². The van der Waals surface area contributed by atoms with Crippen molar-refractivity contribution in [3.05, 3.63) is 29.1 Å². The van der Waals surface area contributed by atoms with E-state index in [1.54, 1.807) is 0 Å². The number of rotatable bonds is 4. The summed E-state index contributed by atoms with van der Waals surface area (Å²) in [7, 11) is 4.29. The van der Waals surface area contributed by atoms with Gasteiger partial charge in [0, 0.05) is 17.5 Å². The largest absolute Gasteiger partial charge is 0.364 e. The molecule has 0 amide bonds. The minimum Gasteiger partial charge on any atom is -0.364 e. The lowest BCUT2D eigenvalue weighted by atomic mass is 10.2. The van der Waals surface area contributed by atoms with Crippen molar-refractivity contribution in [1.82, 2.24) is 19.6 Å². The number of anilines is 1. The van der Waals surface area contributed by atoms with Gasteiger partial charge < -0.3 is 10.2 Å². The fourth-order valence-corrected chi connectivity index (χ4v) is 2.71. The average Bonchev–Trinajstić information content (AvgIpc) is 2.76. The molecular weight excluding hydrogens is 276 g/mol. The Labute approximate surface area is 130 Å². The first-order valence-corrected chi connectivity index (χ1v) is 7.63. The number of likely N-dealkylation sites (N-methyl/N-ethyl adjacent to an activating group) is 1. The predicted octanol–water partition coefficient (Wildman–Crippen LogP) is 0.759. The first kappa shape index (κ1) is 14.7. The second-order valence-electron chi connectivity index (χ2n) is 6.18. The van der Waals surface area contributed by atoms with Crippen LogP contribution in [0.4, 0.5) is 5.82 Å². The molecule has 3 heterocycles. The Balaban J connectivity index is 2.15. The van der Waals surface area contributed by atoms with Gasteiger partial charge in [0.05, 0.1) is 32.6 Å². The molecule has 3 aromatic rings. The highest BCUT2D eigenvalue weighted by atomic mass is 15.3. The fourth-order valence-electron chi connectivity index (χ4n) is 2.71. The van der Waals surface area contributed by atoms with Crippen LogP contribution in [0, 0.1) is 20.8 Å². The molecule has 0 unspecified atom stereocenters. The Morgan fingerprint density at radius 3 is 2.55 bits per heavy atom. The molecule has 0 aliphatic heterocycles. The third-order valence-corrected chi connectivity index (χ3v) is 3.73. The van der Waals surface area contributed by atoms with Gasteiger partial charge in [-0.05, 0) is 32.4 Å². The van der Waals surface area contributed by atoms with Gasteiger partial charge in [0.15, 0.2) is 11.3 Å². The van der Waals surface area contributed by atoms with Gasteiger partial charge in [-0.3, -0.25) is 0 Å². The number of nitrogens with zero attached hydrogens (tertiary/aromatic N) is 4. The van der Waals surface area contributed by atoms with E-state index in [9.17, 15) is 0 Å². The van der Waals surface area contributed by atoms with E-state index in [-0.39, 0.29) is 0 Å². The predicted molar refractivity (Wildman–Crippen MR) is 88.7 cm³/mol. The maximum atomic E-state index is 4.67. The molecule has 0 aliphatic rings. The lowest BCUT2D eigenvalue weighted by molar-refractivity contribution is -0.856. The van der Waals surface area contributed by atoms with E-state index in [1.165, 1.54) is 10.5 Å².